The minimum absolute atomic E-state index is 0.759. The zero-order valence-electron chi connectivity index (χ0n) is 9.19. The standard InChI is InChI=1S/C14H19O/c1-3-7-13(8-4-1)11-12-15-14-9-5-2-6-10-14/h2,5-6,9-11,13H,1,3-4,7-8,12H2. The maximum absolute atomic E-state index is 5.65. The second-order valence-corrected chi connectivity index (χ2v) is 4.26. The van der Waals surface area contributed by atoms with Gasteiger partial charge in [0.05, 0.1) is 6.61 Å². The van der Waals surface area contributed by atoms with Crippen molar-refractivity contribution >= 4 is 0 Å². The van der Waals surface area contributed by atoms with E-state index in [9.17, 15) is 0 Å². The highest BCUT2D eigenvalue weighted by Crippen LogP contribution is 2.25. The van der Waals surface area contributed by atoms with E-state index in [0.717, 1.165) is 18.3 Å². The molecule has 0 heterocycles. The number of hydrogen-bond acceptors (Lipinski definition) is 1. The highest BCUT2D eigenvalue weighted by molar-refractivity contribution is 5.21. The molecule has 0 N–H and O–H groups in total. The van der Waals surface area contributed by atoms with Crippen molar-refractivity contribution < 1.29 is 4.74 Å². The second-order valence-electron chi connectivity index (χ2n) is 4.26. The predicted octanol–water partition coefficient (Wildman–Crippen LogP) is 3.85. The van der Waals surface area contributed by atoms with Crippen LogP contribution < -0.4 is 4.74 Å². The summed E-state index contributed by atoms with van der Waals surface area (Å²) in [6.45, 7) is 0.759. The molecular formula is C14H19O. The van der Waals surface area contributed by atoms with Gasteiger partial charge in [0.15, 0.2) is 0 Å². The quantitative estimate of drug-likeness (QED) is 0.722. The van der Waals surface area contributed by atoms with Gasteiger partial charge in [-0.15, -0.1) is 0 Å². The van der Waals surface area contributed by atoms with Gasteiger partial charge in [-0.3, -0.25) is 0 Å². The van der Waals surface area contributed by atoms with E-state index in [1.54, 1.807) is 0 Å². The van der Waals surface area contributed by atoms with Crippen molar-refractivity contribution in [3.8, 4) is 5.75 Å². The first-order valence-electron chi connectivity index (χ1n) is 5.96. The lowest BCUT2D eigenvalue weighted by Gasteiger charge is -2.20. The number of rotatable bonds is 4. The van der Waals surface area contributed by atoms with Crippen LogP contribution >= 0.6 is 0 Å². The molecule has 15 heavy (non-hydrogen) atoms. The summed E-state index contributed by atoms with van der Waals surface area (Å²) in [5, 5.41) is 0. The summed E-state index contributed by atoms with van der Waals surface area (Å²) in [5.74, 6) is 1.77. The molecule has 0 unspecified atom stereocenters. The van der Waals surface area contributed by atoms with Gasteiger partial charge in [-0.05, 0) is 18.1 Å². The third-order valence-electron chi connectivity index (χ3n) is 3.07. The van der Waals surface area contributed by atoms with E-state index in [1.165, 1.54) is 32.1 Å². The molecule has 0 amide bonds. The highest BCUT2D eigenvalue weighted by atomic mass is 16.5. The van der Waals surface area contributed by atoms with Gasteiger partial charge in [0, 0.05) is 6.42 Å². The van der Waals surface area contributed by atoms with Crippen LogP contribution in [0.3, 0.4) is 0 Å². The number of benzene rings is 1. The van der Waals surface area contributed by atoms with Gasteiger partial charge in [0.1, 0.15) is 5.75 Å². The van der Waals surface area contributed by atoms with Gasteiger partial charge in [-0.2, -0.15) is 0 Å². The molecule has 1 heteroatoms. The van der Waals surface area contributed by atoms with Crippen LogP contribution in [0, 0.1) is 12.3 Å². The van der Waals surface area contributed by atoms with Crippen molar-refractivity contribution in [2.24, 2.45) is 5.92 Å². The molecule has 1 nitrogen and oxygen atoms in total. The molecule has 0 aliphatic heterocycles. The fourth-order valence-corrected chi connectivity index (χ4v) is 2.17. The van der Waals surface area contributed by atoms with Crippen LogP contribution in [-0.2, 0) is 0 Å². The van der Waals surface area contributed by atoms with E-state index in [4.69, 9.17) is 4.74 Å². The Bertz CT molecular complexity index is 262. The Hall–Kier alpha value is -0.980. The zero-order chi connectivity index (χ0) is 10.3. The zero-order valence-corrected chi connectivity index (χ0v) is 9.19. The third-order valence-corrected chi connectivity index (χ3v) is 3.07. The average Bonchev–Trinajstić information content (AvgIpc) is 2.32. The lowest BCUT2D eigenvalue weighted by molar-refractivity contribution is 0.304. The van der Waals surface area contributed by atoms with Crippen LogP contribution in [0.4, 0.5) is 0 Å². The van der Waals surface area contributed by atoms with Gasteiger partial charge in [-0.1, -0.05) is 50.3 Å². The van der Waals surface area contributed by atoms with E-state index in [1.807, 2.05) is 30.3 Å². The SMILES string of the molecule is [CH](COc1ccccc1)C1CCCCC1. The Morgan fingerprint density at radius 3 is 2.53 bits per heavy atom. The summed E-state index contributed by atoms with van der Waals surface area (Å²) in [6, 6.07) is 10.0. The summed E-state index contributed by atoms with van der Waals surface area (Å²) >= 11 is 0. The topological polar surface area (TPSA) is 9.23 Å². The Morgan fingerprint density at radius 2 is 1.80 bits per heavy atom. The molecule has 0 bridgehead atoms. The summed E-state index contributed by atoms with van der Waals surface area (Å²) in [7, 11) is 0. The Labute approximate surface area is 92.5 Å². The van der Waals surface area contributed by atoms with Crippen LogP contribution in [0.5, 0.6) is 5.75 Å². The lowest BCUT2D eigenvalue weighted by Crippen LogP contribution is -2.11. The van der Waals surface area contributed by atoms with Gasteiger partial charge in [0.25, 0.3) is 0 Å². The summed E-state index contributed by atoms with van der Waals surface area (Å²) < 4.78 is 5.65. The van der Waals surface area contributed by atoms with Gasteiger partial charge in [-0.25, -0.2) is 0 Å². The molecule has 81 valence electrons. The third kappa shape index (κ3) is 3.58. The minimum atomic E-state index is 0.759. The Balaban J connectivity index is 1.66. The van der Waals surface area contributed by atoms with Crippen molar-refractivity contribution in [1.82, 2.24) is 0 Å². The molecule has 1 saturated carbocycles. The summed E-state index contributed by atoms with van der Waals surface area (Å²) in [5.41, 5.74) is 0. The second kappa shape index (κ2) is 5.79. The molecule has 0 spiro atoms. The largest absolute Gasteiger partial charge is 0.493 e. The molecule has 1 aromatic carbocycles. The molecule has 1 aliphatic rings. The van der Waals surface area contributed by atoms with E-state index in [2.05, 4.69) is 6.42 Å². The van der Waals surface area contributed by atoms with Crippen molar-refractivity contribution in [3.05, 3.63) is 36.8 Å². The molecule has 1 aromatic rings. The van der Waals surface area contributed by atoms with Gasteiger partial charge < -0.3 is 4.74 Å². The molecule has 0 atom stereocenters. The Morgan fingerprint density at radius 1 is 1.07 bits per heavy atom. The van der Waals surface area contributed by atoms with E-state index < -0.39 is 0 Å². The smallest absolute Gasteiger partial charge is 0.119 e. The first kappa shape index (κ1) is 10.5. The highest BCUT2D eigenvalue weighted by Gasteiger charge is 2.13. The van der Waals surface area contributed by atoms with E-state index in [0.29, 0.717) is 0 Å². The fourth-order valence-electron chi connectivity index (χ4n) is 2.17. The molecular weight excluding hydrogens is 184 g/mol. The van der Waals surface area contributed by atoms with Crippen LogP contribution in [0.15, 0.2) is 30.3 Å². The monoisotopic (exact) mass is 203 g/mol. The normalized spacial score (nSPS) is 17.6. The van der Waals surface area contributed by atoms with Crippen LogP contribution in [0.2, 0.25) is 0 Å². The minimum Gasteiger partial charge on any atom is -0.493 e. The predicted molar refractivity (Wildman–Crippen MR) is 62.8 cm³/mol. The van der Waals surface area contributed by atoms with Crippen LogP contribution in [0.1, 0.15) is 32.1 Å². The fraction of sp³-hybridized carbons (Fsp3) is 0.500. The maximum Gasteiger partial charge on any atom is 0.119 e. The van der Waals surface area contributed by atoms with Crippen molar-refractivity contribution in [2.45, 2.75) is 32.1 Å². The molecule has 1 fully saturated rings. The van der Waals surface area contributed by atoms with Crippen molar-refractivity contribution in [3.63, 3.8) is 0 Å². The number of para-hydroxylation sites is 1. The van der Waals surface area contributed by atoms with E-state index in [-0.39, 0.29) is 0 Å². The molecule has 2 rings (SSSR count). The first-order chi connectivity index (χ1) is 7.45. The lowest BCUT2D eigenvalue weighted by atomic mass is 9.87. The van der Waals surface area contributed by atoms with Crippen LogP contribution in [0.25, 0.3) is 0 Å². The molecule has 0 saturated heterocycles. The summed E-state index contributed by atoms with van der Waals surface area (Å²) in [4.78, 5) is 0. The summed E-state index contributed by atoms with van der Waals surface area (Å²) in [6.07, 6.45) is 9.27. The van der Waals surface area contributed by atoms with E-state index >= 15 is 0 Å². The van der Waals surface area contributed by atoms with Crippen molar-refractivity contribution in [2.75, 3.05) is 6.61 Å². The first-order valence-corrected chi connectivity index (χ1v) is 5.96. The maximum atomic E-state index is 5.65. The molecule has 1 aliphatic carbocycles. The molecule has 0 aromatic heterocycles. The number of hydrogen-bond donors (Lipinski definition) is 0. The molecule has 1 radical (unpaired) electrons. The average molecular weight is 203 g/mol. The number of ether oxygens (including phenoxy) is 1. The van der Waals surface area contributed by atoms with Crippen molar-refractivity contribution in [1.29, 1.82) is 0 Å². The van der Waals surface area contributed by atoms with Gasteiger partial charge >= 0.3 is 0 Å². The Kier molecular flexibility index (Phi) is 4.07. The van der Waals surface area contributed by atoms with Crippen LogP contribution in [-0.4, -0.2) is 6.61 Å². The van der Waals surface area contributed by atoms with Gasteiger partial charge in [0.2, 0.25) is 0 Å².